The minimum Gasteiger partial charge on any atom is -0.453 e. The molecule has 0 aliphatic heterocycles. The number of allylic oxidation sites excluding steroid dienone is 2. The van der Waals surface area contributed by atoms with Gasteiger partial charge in [0.2, 0.25) is 0 Å². The molecule has 1 aromatic rings. The number of benzene rings is 1. The van der Waals surface area contributed by atoms with Gasteiger partial charge in [0.15, 0.2) is 5.76 Å². The van der Waals surface area contributed by atoms with E-state index in [1.165, 1.54) is 31.7 Å². The topological polar surface area (TPSA) is 70.7 Å². The molecule has 0 heterocycles. The molecule has 0 aromatic heterocycles. The van der Waals surface area contributed by atoms with Gasteiger partial charge in [-0.3, -0.25) is 9.59 Å². The van der Waals surface area contributed by atoms with Gasteiger partial charge in [-0.15, -0.1) is 0 Å². The predicted octanol–water partition coefficient (Wildman–Crippen LogP) is 5.92. The molecule has 2 amide bonds. The van der Waals surface area contributed by atoms with E-state index in [1.807, 2.05) is 6.92 Å². The zero-order valence-corrected chi connectivity index (χ0v) is 21.0. The Kier molecular flexibility index (Phi) is 13.9. The van der Waals surface area contributed by atoms with E-state index in [-0.39, 0.29) is 17.2 Å². The second kappa shape index (κ2) is 16.1. The number of halogens is 1. The van der Waals surface area contributed by atoms with E-state index in [4.69, 9.17) is 16.3 Å². The van der Waals surface area contributed by atoms with Crippen LogP contribution < -0.4 is 10.6 Å². The summed E-state index contributed by atoms with van der Waals surface area (Å²) in [5.74, 6) is -0.705. The van der Waals surface area contributed by atoms with Crippen LogP contribution in [0.1, 0.15) is 63.2 Å². The number of hydrogen-bond acceptors (Lipinski definition) is 4. The van der Waals surface area contributed by atoms with Crippen LogP contribution in [0.4, 0.5) is 5.69 Å². The third kappa shape index (κ3) is 11.2. The molecule has 0 atom stereocenters. The number of anilines is 1. The first-order valence-electron chi connectivity index (χ1n) is 11.6. The number of carbonyl (C=O) groups is 2. The number of carbonyl (C=O) groups excluding carboxylic acids is 2. The average molecular weight is 476 g/mol. The van der Waals surface area contributed by atoms with E-state index in [0.717, 1.165) is 26.1 Å². The van der Waals surface area contributed by atoms with Crippen LogP contribution in [0.3, 0.4) is 0 Å². The van der Waals surface area contributed by atoms with Gasteiger partial charge in [0.25, 0.3) is 11.8 Å². The van der Waals surface area contributed by atoms with E-state index in [2.05, 4.69) is 42.5 Å². The lowest BCUT2D eigenvalue weighted by Gasteiger charge is -2.22. The second-order valence-corrected chi connectivity index (χ2v) is 8.23. The summed E-state index contributed by atoms with van der Waals surface area (Å²) in [6.45, 7) is 17.1. The van der Waals surface area contributed by atoms with Crippen molar-refractivity contribution in [2.24, 2.45) is 0 Å². The Morgan fingerprint density at radius 3 is 2.33 bits per heavy atom. The van der Waals surface area contributed by atoms with Crippen molar-refractivity contribution in [1.29, 1.82) is 0 Å². The Bertz CT molecular complexity index is 828. The fraction of sp³-hybridized carbons (Fsp3) is 0.462. The highest BCUT2D eigenvalue weighted by molar-refractivity contribution is 6.31. The van der Waals surface area contributed by atoms with Crippen molar-refractivity contribution < 1.29 is 14.3 Å². The average Bonchev–Trinajstić information content (AvgIpc) is 2.78. The van der Waals surface area contributed by atoms with E-state index in [0.29, 0.717) is 23.0 Å². The fourth-order valence-corrected chi connectivity index (χ4v) is 3.30. The maximum Gasteiger partial charge on any atom is 0.290 e. The van der Waals surface area contributed by atoms with Crippen LogP contribution in [0.15, 0.2) is 55.0 Å². The van der Waals surface area contributed by atoms with Gasteiger partial charge < -0.3 is 20.3 Å². The Balaban J connectivity index is 2.70. The lowest BCUT2D eigenvalue weighted by molar-refractivity contribution is -0.115. The molecule has 182 valence electrons. The first kappa shape index (κ1) is 28.5. The summed E-state index contributed by atoms with van der Waals surface area (Å²) in [5, 5.41) is 6.00. The Morgan fingerprint density at radius 1 is 1.09 bits per heavy atom. The van der Waals surface area contributed by atoms with Crippen molar-refractivity contribution in [3.05, 3.63) is 65.6 Å². The number of amides is 2. The third-order valence-corrected chi connectivity index (χ3v) is 5.16. The molecule has 33 heavy (non-hydrogen) atoms. The molecule has 1 aromatic carbocycles. The highest BCUT2D eigenvalue weighted by Gasteiger charge is 2.17. The lowest BCUT2D eigenvalue weighted by atomic mass is 10.1. The summed E-state index contributed by atoms with van der Waals surface area (Å²) in [6, 6.07) is 4.72. The molecule has 0 unspecified atom stereocenters. The third-order valence-electron chi connectivity index (χ3n) is 4.93. The van der Waals surface area contributed by atoms with E-state index >= 15 is 0 Å². The van der Waals surface area contributed by atoms with Crippen LogP contribution in [0.2, 0.25) is 5.02 Å². The molecule has 6 nitrogen and oxygen atoms in total. The number of hydrogen-bond donors (Lipinski definition) is 2. The van der Waals surface area contributed by atoms with Crippen LogP contribution in [0, 0.1) is 0 Å². The van der Waals surface area contributed by atoms with Gasteiger partial charge >= 0.3 is 0 Å². The summed E-state index contributed by atoms with van der Waals surface area (Å²) < 4.78 is 5.29. The van der Waals surface area contributed by atoms with Gasteiger partial charge in [0, 0.05) is 11.6 Å². The van der Waals surface area contributed by atoms with Crippen molar-refractivity contribution in [2.45, 2.75) is 52.9 Å². The van der Waals surface area contributed by atoms with Crippen LogP contribution in [-0.2, 0) is 9.53 Å². The first-order chi connectivity index (χ1) is 15.8. The standard InChI is InChI=1S/C26H38ClN3O3/c1-6-9-16-30(17-10-7-2)18-11-15-28-26(32)23-19-22(27)13-14-24(23)29-25(31)21(5)33-20(4)12-8-3/h8,12-14,19H,4-7,9-11,15-18H2,1-3H3,(H,28,32)(H,29,31)/b12-8-. The minimum atomic E-state index is -0.570. The summed E-state index contributed by atoms with van der Waals surface area (Å²) in [7, 11) is 0. The number of nitrogens with one attached hydrogen (secondary N) is 2. The second-order valence-electron chi connectivity index (χ2n) is 7.79. The van der Waals surface area contributed by atoms with Gasteiger partial charge in [0.1, 0.15) is 5.76 Å². The molecule has 2 N–H and O–H groups in total. The van der Waals surface area contributed by atoms with Crippen molar-refractivity contribution in [3.63, 3.8) is 0 Å². The summed E-state index contributed by atoms with van der Waals surface area (Å²) >= 11 is 6.10. The molecule has 1 rings (SSSR count). The molecule has 0 bridgehead atoms. The van der Waals surface area contributed by atoms with Gasteiger partial charge in [-0.05, 0) is 70.1 Å². The van der Waals surface area contributed by atoms with Crippen molar-refractivity contribution >= 4 is 29.1 Å². The van der Waals surface area contributed by atoms with E-state index < -0.39 is 5.91 Å². The Hall–Kier alpha value is -2.57. The first-order valence-corrected chi connectivity index (χ1v) is 12.0. The highest BCUT2D eigenvalue weighted by atomic mass is 35.5. The van der Waals surface area contributed by atoms with Gasteiger partial charge in [-0.25, -0.2) is 0 Å². The maximum atomic E-state index is 12.8. The number of nitrogens with zero attached hydrogens (tertiary/aromatic N) is 1. The highest BCUT2D eigenvalue weighted by Crippen LogP contribution is 2.22. The lowest BCUT2D eigenvalue weighted by Crippen LogP contribution is -2.31. The Labute approximate surface area is 203 Å². The fourth-order valence-electron chi connectivity index (χ4n) is 3.13. The molecule has 0 saturated heterocycles. The summed E-state index contributed by atoms with van der Waals surface area (Å²) in [6.07, 6.45) is 8.90. The minimum absolute atomic E-state index is 0.126. The Morgan fingerprint density at radius 2 is 1.73 bits per heavy atom. The molecule has 0 spiro atoms. The van der Waals surface area contributed by atoms with Gasteiger partial charge in [-0.2, -0.15) is 0 Å². The summed E-state index contributed by atoms with van der Waals surface area (Å²) in [4.78, 5) is 27.7. The van der Waals surface area contributed by atoms with E-state index in [1.54, 1.807) is 24.3 Å². The summed E-state index contributed by atoms with van der Waals surface area (Å²) in [5.41, 5.74) is 0.612. The quantitative estimate of drug-likeness (QED) is 0.135. The number of rotatable bonds is 16. The van der Waals surface area contributed by atoms with Gasteiger partial charge in [-0.1, -0.05) is 57.5 Å². The maximum absolute atomic E-state index is 12.8. The van der Waals surface area contributed by atoms with Crippen LogP contribution in [0.25, 0.3) is 0 Å². The van der Waals surface area contributed by atoms with Crippen LogP contribution in [0.5, 0.6) is 0 Å². The van der Waals surface area contributed by atoms with Crippen molar-refractivity contribution in [1.82, 2.24) is 10.2 Å². The van der Waals surface area contributed by atoms with Crippen molar-refractivity contribution in [3.8, 4) is 0 Å². The molecule has 0 aliphatic carbocycles. The molecule has 0 saturated carbocycles. The SMILES string of the molecule is C=C(/C=C\C)OC(=C)C(=O)Nc1ccc(Cl)cc1C(=O)NCCCN(CCCC)CCCC. The molecule has 0 aliphatic rings. The monoisotopic (exact) mass is 475 g/mol. The molecule has 0 fully saturated rings. The zero-order chi connectivity index (χ0) is 24.6. The number of unbranched alkanes of at least 4 members (excludes halogenated alkanes) is 2. The molecular weight excluding hydrogens is 438 g/mol. The van der Waals surface area contributed by atoms with E-state index in [9.17, 15) is 9.59 Å². The van der Waals surface area contributed by atoms with Crippen LogP contribution in [-0.4, -0.2) is 42.9 Å². The number of ether oxygens (including phenoxy) is 1. The zero-order valence-electron chi connectivity index (χ0n) is 20.2. The predicted molar refractivity (Wildman–Crippen MR) is 137 cm³/mol. The molecule has 0 radical (unpaired) electrons. The van der Waals surface area contributed by atoms with Gasteiger partial charge in [0.05, 0.1) is 11.3 Å². The molecular formula is C26H38ClN3O3. The normalized spacial score (nSPS) is 10.9. The molecule has 7 heteroatoms. The smallest absolute Gasteiger partial charge is 0.290 e. The van der Waals surface area contributed by atoms with Crippen molar-refractivity contribution in [2.75, 3.05) is 31.5 Å². The van der Waals surface area contributed by atoms with Crippen LogP contribution >= 0.6 is 11.6 Å². The largest absolute Gasteiger partial charge is 0.453 e.